The fourth-order valence-electron chi connectivity index (χ4n) is 5.04. The van der Waals surface area contributed by atoms with Gasteiger partial charge >= 0.3 is 12.1 Å². The highest BCUT2D eigenvalue weighted by Crippen LogP contribution is 2.37. The molecule has 1 saturated heterocycles. The molecule has 5 rings (SSSR count). The second-order valence-electron chi connectivity index (χ2n) is 11.1. The van der Waals surface area contributed by atoms with Crippen molar-refractivity contribution >= 4 is 29.5 Å². The number of fused-ring (bicyclic) bond motifs is 1. The number of piperidine rings is 1. The van der Waals surface area contributed by atoms with Gasteiger partial charge in [0.25, 0.3) is 0 Å². The third kappa shape index (κ3) is 6.01. The molecular weight excluding hydrogens is 524 g/mol. The Labute approximate surface area is 238 Å². The minimum absolute atomic E-state index is 0.106. The number of esters is 1. The number of hydrogen-bond donors (Lipinski definition) is 1. The lowest BCUT2D eigenvalue weighted by Gasteiger charge is -2.39. The largest absolute Gasteiger partial charge is 0.466 e. The molecule has 5 heterocycles. The Balaban J connectivity index is 1.39. The second kappa shape index (κ2) is 11.2. The number of aromatic nitrogens is 6. The number of anilines is 2. The first kappa shape index (κ1) is 28.1. The van der Waals surface area contributed by atoms with Crippen LogP contribution in [0.15, 0.2) is 49.2 Å². The van der Waals surface area contributed by atoms with Crippen LogP contribution >= 0.6 is 0 Å². The van der Waals surface area contributed by atoms with Crippen LogP contribution in [0.1, 0.15) is 53.9 Å². The lowest BCUT2D eigenvalue weighted by atomic mass is 9.76. The van der Waals surface area contributed by atoms with Crippen LogP contribution in [-0.2, 0) is 14.3 Å². The van der Waals surface area contributed by atoms with Gasteiger partial charge in [-0.25, -0.2) is 24.4 Å². The lowest BCUT2D eigenvalue weighted by Crippen LogP contribution is -2.45. The maximum Gasteiger partial charge on any atom is 0.413 e. The van der Waals surface area contributed by atoms with Crippen molar-refractivity contribution in [1.29, 1.82) is 0 Å². The van der Waals surface area contributed by atoms with E-state index in [-0.39, 0.29) is 5.97 Å². The minimum atomic E-state index is -0.628. The Bertz CT molecular complexity index is 1510. The topological polar surface area (TPSA) is 129 Å². The zero-order valence-electron chi connectivity index (χ0n) is 24.1. The molecule has 0 aliphatic carbocycles. The van der Waals surface area contributed by atoms with Crippen LogP contribution in [0, 0.1) is 5.41 Å². The molecule has 0 saturated carbocycles. The van der Waals surface area contributed by atoms with Crippen LogP contribution in [-0.4, -0.2) is 66.5 Å². The summed E-state index contributed by atoms with van der Waals surface area (Å²) in [5.74, 6) is 1.60. The normalized spacial score (nSPS) is 15.1. The number of carbonyl (C=O) groups is 2. The van der Waals surface area contributed by atoms with Gasteiger partial charge in [0, 0.05) is 43.4 Å². The number of rotatable bonds is 7. The summed E-state index contributed by atoms with van der Waals surface area (Å²) in [7, 11) is 0. The van der Waals surface area contributed by atoms with E-state index in [0.29, 0.717) is 50.0 Å². The zero-order valence-corrected chi connectivity index (χ0v) is 24.1. The first-order valence-electron chi connectivity index (χ1n) is 13.9. The third-order valence-electron chi connectivity index (χ3n) is 7.28. The number of amides is 1. The van der Waals surface area contributed by atoms with Gasteiger partial charge in [0.2, 0.25) is 5.95 Å². The van der Waals surface area contributed by atoms with Crippen molar-refractivity contribution < 1.29 is 19.1 Å². The maximum atomic E-state index is 12.6. The SMILES string of the molecule is CCOC(=O)C1(CC)CCN(c2ncc(-c3cc(-n4cccn4)n4cc(NC(=O)OC(C)(C)C)nc4c3)cn2)CC1. The summed E-state index contributed by atoms with van der Waals surface area (Å²) in [6.07, 6.45) is 10.4. The number of nitrogens with one attached hydrogen (secondary N) is 1. The maximum absolute atomic E-state index is 12.6. The number of hydrogen-bond acceptors (Lipinski definition) is 9. The van der Waals surface area contributed by atoms with Crippen molar-refractivity contribution in [3.8, 4) is 16.9 Å². The standard InChI is InChI=1S/C29H36N8O4/c1-6-29(25(38)40-7-2)9-13-35(14-10-29)26-30-17-21(18-31-26)20-15-23-33-22(34-27(39)41-28(3,4)5)19-36(23)24(16-20)37-12-8-11-32-37/h8,11-12,15-19H,6-7,9-10,13-14H2,1-5H3,(H,34,39). The van der Waals surface area contributed by atoms with Crippen molar-refractivity contribution in [3.05, 3.63) is 49.2 Å². The van der Waals surface area contributed by atoms with Crippen LogP contribution in [0.25, 0.3) is 22.6 Å². The third-order valence-corrected chi connectivity index (χ3v) is 7.28. The Morgan fingerprint density at radius 1 is 1.07 bits per heavy atom. The first-order chi connectivity index (χ1) is 19.6. The van der Waals surface area contributed by atoms with E-state index in [1.54, 1.807) is 50.2 Å². The molecule has 0 atom stereocenters. The van der Waals surface area contributed by atoms with E-state index in [2.05, 4.69) is 30.3 Å². The predicted molar refractivity (Wildman–Crippen MR) is 154 cm³/mol. The monoisotopic (exact) mass is 560 g/mol. The molecule has 0 aromatic carbocycles. The van der Waals surface area contributed by atoms with Crippen molar-refractivity contribution in [2.24, 2.45) is 5.41 Å². The Morgan fingerprint density at radius 2 is 1.80 bits per heavy atom. The summed E-state index contributed by atoms with van der Waals surface area (Å²) in [5, 5.41) is 7.10. The molecule has 0 unspecified atom stereocenters. The van der Waals surface area contributed by atoms with Gasteiger partial charge in [-0.05, 0) is 70.7 Å². The van der Waals surface area contributed by atoms with E-state index in [0.717, 1.165) is 23.4 Å². The molecule has 1 aliphatic rings. The molecule has 1 fully saturated rings. The number of carbonyl (C=O) groups excluding carboxylic acids is 2. The Morgan fingerprint density at radius 3 is 2.41 bits per heavy atom. The van der Waals surface area contributed by atoms with Gasteiger partial charge in [-0.1, -0.05) is 6.92 Å². The molecule has 4 aromatic heterocycles. The molecular formula is C29H36N8O4. The summed E-state index contributed by atoms with van der Waals surface area (Å²) in [6, 6.07) is 5.70. The minimum Gasteiger partial charge on any atom is -0.466 e. The summed E-state index contributed by atoms with van der Waals surface area (Å²) < 4.78 is 14.3. The quantitative estimate of drug-likeness (QED) is 0.314. The zero-order chi connectivity index (χ0) is 29.2. The average Bonchev–Trinajstić information content (AvgIpc) is 3.62. The van der Waals surface area contributed by atoms with Crippen LogP contribution in [0.5, 0.6) is 0 Å². The second-order valence-corrected chi connectivity index (χ2v) is 11.1. The Hall–Kier alpha value is -4.48. The molecule has 1 amide bonds. The van der Waals surface area contributed by atoms with Gasteiger partial charge in [0.05, 0.1) is 18.2 Å². The van der Waals surface area contributed by atoms with E-state index in [9.17, 15) is 9.59 Å². The molecule has 1 aliphatic heterocycles. The molecule has 0 bridgehead atoms. The molecule has 41 heavy (non-hydrogen) atoms. The van der Waals surface area contributed by atoms with E-state index < -0.39 is 17.1 Å². The van der Waals surface area contributed by atoms with Gasteiger partial charge in [-0.2, -0.15) is 5.10 Å². The highest BCUT2D eigenvalue weighted by molar-refractivity contribution is 5.84. The van der Waals surface area contributed by atoms with Crippen LogP contribution in [0.3, 0.4) is 0 Å². The average molecular weight is 561 g/mol. The van der Waals surface area contributed by atoms with Crippen LogP contribution in [0.4, 0.5) is 16.6 Å². The highest BCUT2D eigenvalue weighted by atomic mass is 16.6. The summed E-state index contributed by atoms with van der Waals surface area (Å²) >= 11 is 0. The van der Waals surface area contributed by atoms with E-state index in [1.165, 1.54) is 0 Å². The van der Waals surface area contributed by atoms with Gasteiger partial charge in [0.15, 0.2) is 5.82 Å². The van der Waals surface area contributed by atoms with E-state index in [1.807, 2.05) is 42.6 Å². The van der Waals surface area contributed by atoms with Crippen LogP contribution in [0.2, 0.25) is 0 Å². The smallest absolute Gasteiger partial charge is 0.413 e. The van der Waals surface area contributed by atoms with Gasteiger partial charge < -0.3 is 14.4 Å². The molecule has 12 nitrogen and oxygen atoms in total. The molecule has 1 N–H and O–H groups in total. The van der Waals surface area contributed by atoms with Crippen molar-refractivity contribution in [1.82, 2.24) is 29.1 Å². The number of nitrogens with zero attached hydrogens (tertiary/aromatic N) is 7. The number of ether oxygens (including phenoxy) is 2. The lowest BCUT2D eigenvalue weighted by molar-refractivity contribution is -0.157. The molecule has 0 radical (unpaired) electrons. The predicted octanol–water partition coefficient (Wildman–Crippen LogP) is 4.88. The molecule has 12 heteroatoms. The Kier molecular flexibility index (Phi) is 7.65. The molecule has 4 aromatic rings. The van der Waals surface area contributed by atoms with Crippen LogP contribution < -0.4 is 10.2 Å². The van der Waals surface area contributed by atoms with Gasteiger partial charge in [0.1, 0.15) is 17.1 Å². The van der Waals surface area contributed by atoms with Crippen molar-refractivity contribution in [2.45, 2.75) is 59.5 Å². The number of pyridine rings is 1. The van der Waals surface area contributed by atoms with Crippen molar-refractivity contribution in [2.75, 3.05) is 29.9 Å². The highest BCUT2D eigenvalue weighted by Gasteiger charge is 2.41. The van der Waals surface area contributed by atoms with E-state index >= 15 is 0 Å². The number of imidazole rings is 1. The van der Waals surface area contributed by atoms with Gasteiger partial charge in [-0.15, -0.1) is 0 Å². The fourth-order valence-corrected chi connectivity index (χ4v) is 5.04. The van der Waals surface area contributed by atoms with Gasteiger partial charge in [-0.3, -0.25) is 14.5 Å². The summed E-state index contributed by atoms with van der Waals surface area (Å²) in [6.45, 7) is 11.1. The van der Waals surface area contributed by atoms with E-state index in [4.69, 9.17) is 9.47 Å². The first-order valence-corrected chi connectivity index (χ1v) is 13.9. The fraction of sp³-hybridized carbons (Fsp3) is 0.448. The summed E-state index contributed by atoms with van der Waals surface area (Å²) in [5.41, 5.74) is 1.19. The molecule has 0 spiro atoms. The summed E-state index contributed by atoms with van der Waals surface area (Å²) in [4.78, 5) is 41.0. The molecule has 216 valence electrons. The van der Waals surface area contributed by atoms with Crippen molar-refractivity contribution in [3.63, 3.8) is 0 Å².